The van der Waals surface area contributed by atoms with Gasteiger partial charge in [-0.05, 0) is 40.5 Å². The lowest BCUT2D eigenvalue weighted by Gasteiger charge is -2.17. The van der Waals surface area contributed by atoms with Gasteiger partial charge in [-0.1, -0.05) is 15.9 Å². The lowest BCUT2D eigenvalue weighted by molar-refractivity contribution is -0.00461. The first-order valence-electron chi connectivity index (χ1n) is 6.32. The van der Waals surface area contributed by atoms with Crippen molar-refractivity contribution in [2.75, 3.05) is 27.3 Å². The molecule has 0 radical (unpaired) electrons. The summed E-state index contributed by atoms with van der Waals surface area (Å²) < 4.78 is 38.9. The van der Waals surface area contributed by atoms with Gasteiger partial charge < -0.3 is 9.47 Å². The van der Waals surface area contributed by atoms with Gasteiger partial charge in [0.2, 0.25) is 10.0 Å². The van der Waals surface area contributed by atoms with Crippen molar-refractivity contribution in [1.82, 2.24) is 4.31 Å². The van der Waals surface area contributed by atoms with E-state index < -0.39 is 10.0 Å². The highest BCUT2D eigenvalue weighted by atomic mass is 79.9. The van der Waals surface area contributed by atoms with E-state index in [4.69, 9.17) is 9.47 Å². The molecule has 1 fully saturated rings. The Morgan fingerprint density at radius 3 is 2.10 bits per heavy atom. The van der Waals surface area contributed by atoms with Crippen LogP contribution in [-0.4, -0.2) is 52.2 Å². The zero-order valence-electron chi connectivity index (χ0n) is 12.0. The molecule has 1 heterocycles. The van der Waals surface area contributed by atoms with Crippen molar-refractivity contribution in [2.24, 2.45) is 0 Å². The van der Waals surface area contributed by atoms with Gasteiger partial charge in [0.25, 0.3) is 0 Å². The normalized spacial score (nSPS) is 23.7. The molecule has 2 rings (SSSR count). The zero-order valence-corrected chi connectivity index (χ0v) is 16.0. The highest BCUT2D eigenvalue weighted by molar-refractivity contribution is 9.11. The van der Waals surface area contributed by atoms with Crippen molar-refractivity contribution >= 4 is 41.9 Å². The minimum Gasteiger partial charge on any atom is -0.377 e. The van der Waals surface area contributed by atoms with E-state index >= 15 is 0 Å². The third kappa shape index (κ3) is 3.35. The second-order valence-electron chi connectivity index (χ2n) is 4.90. The fourth-order valence-electron chi connectivity index (χ4n) is 2.32. The number of nitrogens with zero attached hydrogens (tertiary/aromatic N) is 1. The Morgan fingerprint density at radius 2 is 1.62 bits per heavy atom. The zero-order chi connectivity index (χ0) is 15.8. The molecule has 1 saturated heterocycles. The van der Waals surface area contributed by atoms with Gasteiger partial charge in [-0.3, -0.25) is 0 Å². The number of hydrogen-bond acceptors (Lipinski definition) is 4. The fraction of sp³-hybridized carbons (Fsp3) is 0.538. The van der Waals surface area contributed by atoms with Crippen LogP contribution in [-0.2, 0) is 19.5 Å². The Balaban J connectivity index is 2.38. The third-order valence-corrected chi connectivity index (χ3v) is 7.26. The molecule has 0 bridgehead atoms. The standard InChI is InChI=1S/C13H17Br2NO4S/c1-8-4-10(15)13(5-9(8)14)21(17,18)16-6-11(19-2)12(7-16)20-3/h4-5,11-12H,6-7H2,1-3H3. The van der Waals surface area contributed by atoms with Gasteiger partial charge in [0.1, 0.15) is 0 Å². The summed E-state index contributed by atoms with van der Waals surface area (Å²) in [7, 11) is -0.477. The Kier molecular flexibility index (Phi) is 5.49. The summed E-state index contributed by atoms with van der Waals surface area (Å²) in [6.07, 6.45) is -0.505. The topological polar surface area (TPSA) is 55.8 Å². The number of methoxy groups -OCH3 is 2. The number of aryl methyl sites for hydroxylation is 1. The smallest absolute Gasteiger partial charge is 0.244 e. The van der Waals surface area contributed by atoms with Gasteiger partial charge in [-0.2, -0.15) is 4.31 Å². The fourth-order valence-corrected chi connectivity index (χ4v) is 5.43. The quantitative estimate of drug-likeness (QED) is 0.718. The highest BCUT2D eigenvalue weighted by Crippen LogP contribution is 2.32. The minimum atomic E-state index is -3.60. The molecule has 1 aromatic carbocycles. The molecule has 8 heteroatoms. The number of halogens is 2. The molecule has 5 nitrogen and oxygen atoms in total. The van der Waals surface area contributed by atoms with E-state index in [2.05, 4.69) is 31.9 Å². The lowest BCUT2D eigenvalue weighted by atomic mass is 10.2. The molecule has 1 aliphatic rings. The van der Waals surface area contributed by atoms with Crippen LogP contribution in [0.1, 0.15) is 5.56 Å². The molecular formula is C13H17Br2NO4S. The Hall–Kier alpha value is 0.01000. The molecule has 0 spiro atoms. The molecule has 2 unspecified atom stereocenters. The third-order valence-electron chi connectivity index (χ3n) is 3.62. The Morgan fingerprint density at radius 1 is 1.10 bits per heavy atom. The first-order chi connectivity index (χ1) is 9.81. The molecule has 2 atom stereocenters. The maximum absolute atomic E-state index is 12.8. The molecule has 118 valence electrons. The second kappa shape index (κ2) is 6.64. The van der Waals surface area contributed by atoms with E-state index in [0.717, 1.165) is 10.0 Å². The maximum Gasteiger partial charge on any atom is 0.244 e. The number of rotatable bonds is 4. The van der Waals surface area contributed by atoms with E-state index in [1.165, 1.54) is 4.31 Å². The number of sulfonamides is 1. The van der Waals surface area contributed by atoms with E-state index in [1.54, 1.807) is 26.4 Å². The monoisotopic (exact) mass is 441 g/mol. The van der Waals surface area contributed by atoms with Crippen LogP contribution >= 0.6 is 31.9 Å². The maximum atomic E-state index is 12.8. The van der Waals surface area contributed by atoms with Gasteiger partial charge in [0, 0.05) is 36.3 Å². The summed E-state index contributed by atoms with van der Waals surface area (Å²) in [6.45, 7) is 2.48. The van der Waals surface area contributed by atoms with Gasteiger partial charge in [-0.25, -0.2) is 8.42 Å². The van der Waals surface area contributed by atoms with E-state index in [-0.39, 0.29) is 30.2 Å². The van der Waals surface area contributed by atoms with Crippen molar-refractivity contribution in [2.45, 2.75) is 24.0 Å². The van der Waals surface area contributed by atoms with E-state index in [0.29, 0.717) is 4.47 Å². The molecule has 1 aliphatic heterocycles. The Bertz CT molecular complexity index is 623. The van der Waals surface area contributed by atoms with Crippen LogP contribution in [0.15, 0.2) is 26.0 Å². The molecule has 21 heavy (non-hydrogen) atoms. The average Bonchev–Trinajstić information content (AvgIpc) is 2.86. The predicted octanol–water partition coefficient (Wildman–Crippen LogP) is 2.55. The molecule has 0 aromatic heterocycles. The number of hydrogen-bond donors (Lipinski definition) is 0. The van der Waals surface area contributed by atoms with Crippen LogP contribution in [0.2, 0.25) is 0 Å². The minimum absolute atomic E-state index is 0.242. The first-order valence-corrected chi connectivity index (χ1v) is 9.35. The summed E-state index contributed by atoms with van der Waals surface area (Å²) in [6, 6.07) is 3.41. The largest absolute Gasteiger partial charge is 0.377 e. The van der Waals surface area contributed by atoms with Crippen LogP contribution in [0.25, 0.3) is 0 Å². The second-order valence-corrected chi connectivity index (χ2v) is 8.52. The first kappa shape index (κ1) is 17.4. The van der Waals surface area contributed by atoms with Crippen molar-refractivity contribution in [3.05, 3.63) is 26.6 Å². The number of benzene rings is 1. The summed E-state index contributed by atoms with van der Waals surface area (Å²) in [5.41, 5.74) is 0.965. The molecular weight excluding hydrogens is 426 g/mol. The van der Waals surface area contributed by atoms with Gasteiger partial charge in [-0.15, -0.1) is 0 Å². The van der Waals surface area contributed by atoms with Crippen LogP contribution in [0.4, 0.5) is 0 Å². The van der Waals surface area contributed by atoms with Crippen LogP contribution in [0, 0.1) is 6.92 Å². The molecule has 0 saturated carbocycles. The van der Waals surface area contributed by atoms with Gasteiger partial charge in [0.05, 0.1) is 17.1 Å². The molecule has 1 aromatic rings. The van der Waals surface area contributed by atoms with Gasteiger partial charge >= 0.3 is 0 Å². The highest BCUT2D eigenvalue weighted by Gasteiger charge is 2.40. The van der Waals surface area contributed by atoms with Crippen molar-refractivity contribution in [3.8, 4) is 0 Å². The molecule has 0 aliphatic carbocycles. The van der Waals surface area contributed by atoms with Gasteiger partial charge in [0.15, 0.2) is 0 Å². The van der Waals surface area contributed by atoms with E-state index in [1.807, 2.05) is 6.92 Å². The van der Waals surface area contributed by atoms with Crippen molar-refractivity contribution in [3.63, 3.8) is 0 Å². The Labute approximate surface area is 141 Å². The van der Waals surface area contributed by atoms with Crippen molar-refractivity contribution < 1.29 is 17.9 Å². The summed E-state index contributed by atoms with van der Waals surface area (Å²) in [5, 5.41) is 0. The molecule has 0 amide bonds. The summed E-state index contributed by atoms with van der Waals surface area (Å²) >= 11 is 6.72. The van der Waals surface area contributed by atoms with Crippen LogP contribution in [0.3, 0.4) is 0 Å². The van der Waals surface area contributed by atoms with Crippen molar-refractivity contribution in [1.29, 1.82) is 0 Å². The number of ether oxygens (including phenoxy) is 2. The summed E-state index contributed by atoms with van der Waals surface area (Å²) in [5.74, 6) is 0. The van der Waals surface area contributed by atoms with Crippen LogP contribution in [0.5, 0.6) is 0 Å². The SMILES string of the molecule is COC1CN(S(=O)(=O)c2cc(Br)c(C)cc2Br)CC1OC. The average molecular weight is 443 g/mol. The lowest BCUT2D eigenvalue weighted by Crippen LogP contribution is -2.30. The summed E-state index contributed by atoms with van der Waals surface area (Å²) in [4.78, 5) is 0.242. The van der Waals surface area contributed by atoms with Crippen LogP contribution < -0.4 is 0 Å². The van der Waals surface area contributed by atoms with E-state index in [9.17, 15) is 8.42 Å². The molecule has 0 N–H and O–H groups in total. The predicted molar refractivity (Wildman–Crippen MR) is 86.9 cm³/mol.